The molecule has 22 heavy (non-hydrogen) atoms. The van der Waals surface area contributed by atoms with Crippen LogP contribution in [0.1, 0.15) is 20.3 Å². The molecule has 1 saturated heterocycles. The van der Waals surface area contributed by atoms with E-state index in [4.69, 9.17) is 4.74 Å². The number of rotatable bonds is 4. The number of hydrogen-bond acceptors (Lipinski definition) is 5. The summed E-state index contributed by atoms with van der Waals surface area (Å²) in [6.07, 6.45) is 0.661. The summed E-state index contributed by atoms with van der Waals surface area (Å²) in [6, 6.07) is 7.32. The van der Waals surface area contributed by atoms with Crippen LogP contribution in [-0.2, 0) is 16.1 Å². The van der Waals surface area contributed by atoms with Gasteiger partial charge in [-0.3, -0.25) is 14.2 Å². The lowest BCUT2D eigenvalue weighted by molar-refractivity contribution is -0.137. The monoisotopic (exact) mass is 318 g/mol. The Kier molecular flexibility index (Phi) is 4.20. The van der Waals surface area contributed by atoms with Gasteiger partial charge in [-0.25, -0.2) is 4.98 Å². The number of esters is 1. The molecule has 6 heteroatoms. The molecule has 0 radical (unpaired) electrons. The highest BCUT2D eigenvalue weighted by Gasteiger charge is 2.29. The van der Waals surface area contributed by atoms with Gasteiger partial charge in [-0.15, -0.1) is 0 Å². The summed E-state index contributed by atoms with van der Waals surface area (Å²) in [7, 11) is 0. The van der Waals surface area contributed by atoms with Gasteiger partial charge >= 0.3 is 5.97 Å². The standard InChI is InChI=1S/C16H18N2O3S/c1-10(2)9-18-14(19)11-5-3-4-6-12(11)17-16(18)22-13-7-8-21-15(13)20/h3-6,10,13H,7-9H2,1-2H3/t13-/m0/s1. The second-order valence-electron chi connectivity index (χ2n) is 5.78. The molecule has 5 nitrogen and oxygen atoms in total. The van der Waals surface area contributed by atoms with E-state index in [1.165, 1.54) is 11.8 Å². The second-order valence-corrected chi connectivity index (χ2v) is 6.95. The highest BCUT2D eigenvalue weighted by molar-refractivity contribution is 8.00. The number of nitrogens with zero attached hydrogens (tertiary/aromatic N) is 2. The SMILES string of the molecule is CC(C)Cn1c(S[C@H]2CCOC2=O)nc2ccccc2c1=O. The molecule has 2 aromatic rings. The van der Waals surface area contributed by atoms with E-state index in [0.29, 0.717) is 41.5 Å². The van der Waals surface area contributed by atoms with Crippen molar-refractivity contribution in [2.45, 2.75) is 37.2 Å². The van der Waals surface area contributed by atoms with Crippen LogP contribution in [0.25, 0.3) is 10.9 Å². The molecule has 1 aromatic heterocycles. The average molecular weight is 318 g/mol. The number of hydrogen-bond donors (Lipinski definition) is 0. The molecule has 3 rings (SSSR count). The summed E-state index contributed by atoms with van der Waals surface area (Å²) in [5.74, 6) is 0.0963. The third kappa shape index (κ3) is 2.88. The van der Waals surface area contributed by atoms with Crippen molar-refractivity contribution in [1.29, 1.82) is 0 Å². The van der Waals surface area contributed by atoms with E-state index in [9.17, 15) is 9.59 Å². The van der Waals surface area contributed by atoms with Crippen LogP contribution in [0.15, 0.2) is 34.2 Å². The number of ether oxygens (including phenoxy) is 1. The summed E-state index contributed by atoms with van der Waals surface area (Å²) in [5, 5.41) is 0.939. The maximum absolute atomic E-state index is 12.7. The fourth-order valence-corrected chi connectivity index (χ4v) is 3.54. The van der Waals surface area contributed by atoms with Crippen LogP contribution in [0.5, 0.6) is 0 Å². The van der Waals surface area contributed by atoms with Crippen LogP contribution in [0.4, 0.5) is 0 Å². The smallest absolute Gasteiger partial charge is 0.319 e. The number of carbonyl (C=O) groups is 1. The Morgan fingerprint density at radius 3 is 2.82 bits per heavy atom. The van der Waals surface area contributed by atoms with Crippen LogP contribution in [0.2, 0.25) is 0 Å². The third-order valence-electron chi connectivity index (χ3n) is 3.51. The lowest BCUT2D eigenvalue weighted by Gasteiger charge is -2.16. The first-order chi connectivity index (χ1) is 10.6. The number of cyclic esters (lactones) is 1. The maximum atomic E-state index is 12.7. The van der Waals surface area contributed by atoms with Crippen molar-refractivity contribution in [1.82, 2.24) is 9.55 Å². The molecule has 0 spiro atoms. The molecule has 1 aromatic carbocycles. The van der Waals surface area contributed by atoms with E-state index in [0.717, 1.165) is 0 Å². The number of aromatic nitrogens is 2. The normalized spacial score (nSPS) is 18.1. The van der Waals surface area contributed by atoms with Gasteiger partial charge in [0.2, 0.25) is 0 Å². The molecule has 1 aliphatic heterocycles. The van der Waals surface area contributed by atoms with Gasteiger partial charge in [-0.1, -0.05) is 37.7 Å². The fraction of sp³-hybridized carbons (Fsp3) is 0.438. The Morgan fingerprint density at radius 1 is 1.36 bits per heavy atom. The van der Waals surface area contributed by atoms with Gasteiger partial charge in [-0.2, -0.15) is 0 Å². The third-order valence-corrected chi connectivity index (χ3v) is 4.74. The zero-order chi connectivity index (χ0) is 15.7. The molecular formula is C16H18N2O3S. The molecule has 0 unspecified atom stereocenters. The van der Waals surface area contributed by atoms with Crippen LogP contribution in [0, 0.1) is 5.92 Å². The molecule has 1 atom stereocenters. The molecule has 116 valence electrons. The minimum atomic E-state index is -0.272. The van der Waals surface area contributed by atoms with Crippen LogP contribution >= 0.6 is 11.8 Å². The fourth-order valence-electron chi connectivity index (χ4n) is 2.48. The predicted octanol–water partition coefficient (Wildman–Crippen LogP) is 2.46. The first-order valence-electron chi connectivity index (χ1n) is 7.39. The van der Waals surface area contributed by atoms with Crippen molar-refractivity contribution < 1.29 is 9.53 Å². The van der Waals surface area contributed by atoms with E-state index < -0.39 is 0 Å². The Balaban J connectivity index is 2.09. The van der Waals surface area contributed by atoms with Gasteiger partial charge in [0.1, 0.15) is 5.25 Å². The lowest BCUT2D eigenvalue weighted by Crippen LogP contribution is -2.26. The first-order valence-corrected chi connectivity index (χ1v) is 8.27. The van der Waals surface area contributed by atoms with Gasteiger partial charge in [0.05, 0.1) is 17.5 Å². The molecule has 1 aliphatic rings. The number of para-hydroxylation sites is 1. The van der Waals surface area contributed by atoms with Crippen LogP contribution < -0.4 is 5.56 Å². The largest absolute Gasteiger partial charge is 0.465 e. The van der Waals surface area contributed by atoms with Gasteiger partial charge < -0.3 is 4.74 Å². The van der Waals surface area contributed by atoms with E-state index in [1.54, 1.807) is 10.6 Å². The summed E-state index contributed by atoms with van der Waals surface area (Å²) in [6.45, 7) is 5.14. The average Bonchev–Trinajstić information content (AvgIpc) is 2.88. The zero-order valence-corrected chi connectivity index (χ0v) is 13.4. The van der Waals surface area contributed by atoms with Crippen molar-refractivity contribution in [3.8, 4) is 0 Å². The predicted molar refractivity (Wildman–Crippen MR) is 86.1 cm³/mol. The Bertz CT molecular complexity index is 770. The van der Waals surface area contributed by atoms with Crippen molar-refractivity contribution in [2.75, 3.05) is 6.61 Å². The van der Waals surface area contributed by atoms with E-state index >= 15 is 0 Å². The maximum Gasteiger partial charge on any atom is 0.319 e. The molecule has 0 saturated carbocycles. The number of carbonyl (C=O) groups excluding carboxylic acids is 1. The van der Waals surface area contributed by atoms with Crippen molar-refractivity contribution in [3.05, 3.63) is 34.6 Å². The summed E-state index contributed by atoms with van der Waals surface area (Å²) in [4.78, 5) is 29.0. The second kappa shape index (κ2) is 6.12. The highest BCUT2D eigenvalue weighted by Crippen LogP contribution is 2.29. The number of fused-ring (bicyclic) bond motifs is 1. The Labute approximate surface area is 132 Å². The molecular weight excluding hydrogens is 300 g/mol. The van der Waals surface area contributed by atoms with E-state index in [1.807, 2.05) is 18.2 Å². The van der Waals surface area contributed by atoms with Crippen LogP contribution in [-0.4, -0.2) is 27.4 Å². The van der Waals surface area contributed by atoms with Crippen molar-refractivity contribution >= 4 is 28.6 Å². The van der Waals surface area contributed by atoms with Crippen molar-refractivity contribution in [2.24, 2.45) is 5.92 Å². The number of benzene rings is 1. The molecule has 0 bridgehead atoms. The summed E-state index contributed by atoms with van der Waals surface area (Å²) in [5.41, 5.74) is 0.620. The van der Waals surface area contributed by atoms with Gasteiger partial charge in [0.25, 0.3) is 5.56 Å². The molecule has 1 fully saturated rings. The zero-order valence-electron chi connectivity index (χ0n) is 12.6. The Hall–Kier alpha value is -1.82. The molecule has 0 amide bonds. The van der Waals surface area contributed by atoms with E-state index in [2.05, 4.69) is 18.8 Å². The summed E-state index contributed by atoms with van der Waals surface area (Å²) >= 11 is 1.33. The quantitative estimate of drug-likeness (QED) is 0.640. The first kappa shape index (κ1) is 15.1. The summed E-state index contributed by atoms with van der Waals surface area (Å²) < 4.78 is 6.69. The molecule has 2 heterocycles. The van der Waals surface area contributed by atoms with Crippen molar-refractivity contribution in [3.63, 3.8) is 0 Å². The van der Waals surface area contributed by atoms with Gasteiger partial charge in [-0.05, 0) is 18.1 Å². The lowest BCUT2D eigenvalue weighted by atomic mass is 10.2. The Morgan fingerprint density at radius 2 is 2.14 bits per heavy atom. The van der Waals surface area contributed by atoms with Gasteiger partial charge in [0, 0.05) is 13.0 Å². The minimum Gasteiger partial charge on any atom is -0.465 e. The highest BCUT2D eigenvalue weighted by atomic mass is 32.2. The van der Waals surface area contributed by atoms with Crippen LogP contribution in [0.3, 0.4) is 0 Å². The van der Waals surface area contributed by atoms with E-state index in [-0.39, 0.29) is 16.8 Å². The van der Waals surface area contributed by atoms with Gasteiger partial charge in [0.15, 0.2) is 5.16 Å². The minimum absolute atomic E-state index is 0.0480. The molecule has 0 N–H and O–H groups in total. The molecule has 0 aliphatic carbocycles. The topological polar surface area (TPSA) is 61.2 Å². The number of thioether (sulfide) groups is 1.